The van der Waals surface area contributed by atoms with Gasteiger partial charge < -0.3 is 15.7 Å². The molecule has 0 aliphatic carbocycles. The van der Waals surface area contributed by atoms with Gasteiger partial charge in [-0.3, -0.25) is 4.79 Å². The van der Waals surface area contributed by atoms with Crippen molar-refractivity contribution in [2.45, 2.75) is 12.5 Å². The van der Waals surface area contributed by atoms with Crippen LogP contribution >= 0.6 is 50.5 Å². The lowest BCUT2D eigenvalue weighted by Gasteiger charge is -2.19. The minimum atomic E-state index is -1.16. The molecule has 3 N–H and O–H groups in total. The molecular formula is C15H13BrCl2N2O3S. The Balaban J connectivity index is 2.11. The summed E-state index contributed by atoms with van der Waals surface area (Å²) in [5.74, 6) is -0.270. The van der Waals surface area contributed by atoms with Gasteiger partial charge in [0, 0.05) is 26.4 Å². The van der Waals surface area contributed by atoms with E-state index in [-0.39, 0.29) is 12.5 Å². The van der Waals surface area contributed by atoms with Crippen molar-refractivity contribution < 1.29 is 14.7 Å². The van der Waals surface area contributed by atoms with E-state index in [1.165, 1.54) is 11.3 Å². The smallest absolute Gasteiger partial charge is 0.404 e. The number of hydrogen-bond acceptors (Lipinski definition) is 3. The van der Waals surface area contributed by atoms with Crippen molar-refractivity contribution in [1.29, 1.82) is 0 Å². The molecule has 1 aromatic carbocycles. The summed E-state index contributed by atoms with van der Waals surface area (Å²) in [6.45, 7) is 0.0621. The molecule has 9 heteroatoms. The fraction of sp³-hybridized carbons (Fsp3) is 0.200. The van der Waals surface area contributed by atoms with Crippen LogP contribution in [0.1, 0.15) is 15.2 Å². The Kier molecular flexibility index (Phi) is 6.91. The van der Waals surface area contributed by atoms with Gasteiger partial charge in [-0.05, 0) is 46.1 Å². The average molecular weight is 452 g/mol. The minimum Gasteiger partial charge on any atom is -0.465 e. The van der Waals surface area contributed by atoms with E-state index >= 15 is 0 Å². The van der Waals surface area contributed by atoms with Crippen LogP contribution < -0.4 is 10.6 Å². The second kappa shape index (κ2) is 8.71. The highest BCUT2D eigenvalue weighted by Gasteiger charge is 2.18. The number of hydrogen-bond donors (Lipinski definition) is 3. The van der Waals surface area contributed by atoms with Crippen LogP contribution in [-0.2, 0) is 6.42 Å². The van der Waals surface area contributed by atoms with Crippen LogP contribution in [0.3, 0.4) is 0 Å². The highest BCUT2D eigenvalue weighted by Crippen LogP contribution is 2.23. The van der Waals surface area contributed by atoms with E-state index in [0.717, 1.165) is 10.0 Å². The van der Waals surface area contributed by atoms with E-state index in [2.05, 4.69) is 26.6 Å². The van der Waals surface area contributed by atoms with Crippen LogP contribution in [0.5, 0.6) is 0 Å². The van der Waals surface area contributed by atoms with E-state index in [1.807, 2.05) is 0 Å². The number of amides is 2. The molecule has 128 valence electrons. The molecule has 0 aliphatic heterocycles. The number of thiophene rings is 1. The molecule has 0 radical (unpaired) electrons. The molecule has 2 aromatic rings. The molecule has 2 amide bonds. The Bertz CT molecular complexity index is 754. The summed E-state index contributed by atoms with van der Waals surface area (Å²) >= 11 is 16.6. The Morgan fingerprint density at radius 2 is 2.04 bits per heavy atom. The molecule has 0 saturated carbocycles. The first-order valence-electron chi connectivity index (χ1n) is 6.80. The molecule has 0 unspecified atom stereocenters. The van der Waals surface area contributed by atoms with Gasteiger partial charge in [-0.1, -0.05) is 29.3 Å². The van der Waals surface area contributed by atoms with Gasteiger partial charge >= 0.3 is 6.09 Å². The Morgan fingerprint density at radius 3 is 2.62 bits per heavy atom. The van der Waals surface area contributed by atoms with E-state index in [4.69, 9.17) is 28.3 Å². The molecular weight excluding hydrogens is 439 g/mol. The molecule has 24 heavy (non-hydrogen) atoms. The lowest BCUT2D eigenvalue weighted by molar-refractivity contribution is 0.0939. The van der Waals surface area contributed by atoms with E-state index in [1.54, 1.807) is 29.6 Å². The SMILES string of the molecule is O=C(O)NC[C@H](Cc1ccc(Cl)cc1Cl)NC(=O)c1cc(Br)cs1. The number of carbonyl (C=O) groups is 2. The first kappa shape index (κ1) is 19.1. The van der Waals surface area contributed by atoms with Crippen molar-refractivity contribution in [2.24, 2.45) is 0 Å². The zero-order chi connectivity index (χ0) is 17.7. The summed E-state index contributed by atoms with van der Waals surface area (Å²) in [7, 11) is 0. The third-order valence-corrected chi connectivity index (χ3v) is 5.38. The monoisotopic (exact) mass is 450 g/mol. The van der Waals surface area contributed by atoms with E-state index < -0.39 is 12.1 Å². The number of rotatable bonds is 6. The van der Waals surface area contributed by atoms with Gasteiger partial charge in [0.05, 0.1) is 10.9 Å². The van der Waals surface area contributed by atoms with Gasteiger partial charge in [0.1, 0.15) is 0 Å². The van der Waals surface area contributed by atoms with Gasteiger partial charge in [0.25, 0.3) is 5.91 Å². The lowest BCUT2D eigenvalue weighted by atomic mass is 10.1. The Morgan fingerprint density at radius 1 is 1.29 bits per heavy atom. The summed E-state index contributed by atoms with van der Waals surface area (Å²) in [5.41, 5.74) is 0.769. The topological polar surface area (TPSA) is 78.4 Å². The number of halogens is 3. The summed E-state index contributed by atoms with van der Waals surface area (Å²) in [6.07, 6.45) is -0.788. The molecule has 2 rings (SSSR count). The summed E-state index contributed by atoms with van der Waals surface area (Å²) in [6, 6.07) is 6.32. The van der Waals surface area contributed by atoms with Crippen molar-refractivity contribution >= 4 is 62.5 Å². The van der Waals surface area contributed by atoms with Crippen molar-refractivity contribution in [3.63, 3.8) is 0 Å². The maximum Gasteiger partial charge on any atom is 0.404 e. The number of nitrogens with one attached hydrogen (secondary N) is 2. The maximum atomic E-state index is 12.3. The predicted octanol–water partition coefficient (Wildman–Crippen LogP) is 4.43. The second-order valence-electron chi connectivity index (χ2n) is 4.93. The third-order valence-electron chi connectivity index (χ3n) is 3.11. The van der Waals surface area contributed by atoms with Crippen molar-refractivity contribution in [1.82, 2.24) is 10.6 Å². The second-order valence-corrected chi connectivity index (χ2v) is 7.60. The maximum absolute atomic E-state index is 12.3. The van der Waals surface area contributed by atoms with E-state index in [0.29, 0.717) is 21.3 Å². The summed E-state index contributed by atoms with van der Waals surface area (Å²) < 4.78 is 0.818. The Labute approximate surface area is 161 Å². The quantitative estimate of drug-likeness (QED) is 0.607. The molecule has 0 spiro atoms. The lowest BCUT2D eigenvalue weighted by Crippen LogP contribution is -2.44. The molecule has 0 saturated heterocycles. The molecule has 1 atom stereocenters. The van der Waals surface area contributed by atoms with Crippen LogP contribution in [-0.4, -0.2) is 29.7 Å². The van der Waals surface area contributed by atoms with Crippen LogP contribution in [0.15, 0.2) is 34.1 Å². The molecule has 0 bridgehead atoms. The first-order valence-corrected chi connectivity index (χ1v) is 9.23. The van der Waals surface area contributed by atoms with Gasteiger partial charge in [-0.15, -0.1) is 11.3 Å². The number of benzene rings is 1. The van der Waals surface area contributed by atoms with Crippen molar-refractivity contribution in [2.75, 3.05) is 6.54 Å². The predicted molar refractivity (Wildman–Crippen MR) is 99.5 cm³/mol. The van der Waals surface area contributed by atoms with Crippen LogP contribution in [0.25, 0.3) is 0 Å². The first-order chi connectivity index (χ1) is 11.3. The molecule has 1 heterocycles. The fourth-order valence-electron chi connectivity index (χ4n) is 2.03. The average Bonchev–Trinajstić information content (AvgIpc) is 2.94. The van der Waals surface area contributed by atoms with Gasteiger partial charge in [-0.25, -0.2) is 4.79 Å². The molecule has 1 aromatic heterocycles. The van der Waals surface area contributed by atoms with Crippen LogP contribution in [0, 0.1) is 0 Å². The minimum absolute atomic E-state index is 0.0621. The molecule has 0 fully saturated rings. The van der Waals surface area contributed by atoms with E-state index in [9.17, 15) is 9.59 Å². The van der Waals surface area contributed by atoms with Gasteiger partial charge in [-0.2, -0.15) is 0 Å². The van der Waals surface area contributed by atoms with Crippen LogP contribution in [0.2, 0.25) is 10.0 Å². The standard InChI is InChI=1S/C15H13BrCl2N2O3S/c16-9-4-13(24-7-9)14(21)20-11(6-19-15(22)23)3-8-1-2-10(17)5-12(8)18/h1-2,4-5,7,11,19H,3,6H2,(H,20,21)(H,22,23)/t11-/m0/s1. The normalized spacial score (nSPS) is 11.8. The van der Waals surface area contributed by atoms with Crippen molar-refractivity contribution in [3.8, 4) is 0 Å². The van der Waals surface area contributed by atoms with Gasteiger partial charge in [0.15, 0.2) is 0 Å². The van der Waals surface area contributed by atoms with Gasteiger partial charge in [0.2, 0.25) is 0 Å². The summed E-state index contributed by atoms with van der Waals surface area (Å²) in [4.78, 5) is 23.6. The largest absolute Gasteiger partial charge is 0.465 e. The number of carboxylic acid groups (broad SMARTS) is 1. The third kappa shape index (κ3) is 5.66. The van der Waals surface area contributed by atoms with Crippen molar-refractivity contribution in [3.05, 3.63) is 54.6 Å². The molecule has 5 nitrogen and oxygen atoms in total. The highest BCUT2D eigenvalue weighted by molar-refractivity contribution is 9.10. The summed E-state index contributed by atoms with van der Waals surface area (Å²) in [5, 5.41) is 16.7. The zero-order valence-corrected chi connectivity index (χ0v) is 16.1. The van der Waals surface area contributed by atoms with Crippen LogP contribution in [0.4, 0.5) is 4.79 Å². The zero-order valence-electron chi connectivity index (χ0n) is 12.2. The molecule has 0 aliphatic rings. The highest BCUT2D eigenvalue weighted by atomic mass is 79.9. The fourth-order valence-corrected chi connectivity index (χ4v) is 3.84. The Hall–Kier alpha value is -1.28. The number of carbonyl (C=O) groups excluding carboxylic acids is 1.